The number of carbonyl (C=O) groups is 1. The zero-order valence-corrected chi connectivity index (χ0v) is 13.1. The Morgan fingerprint density at radius 1 is 1.09 bits per heavy atom. The van der Waals surface area contributed by atoms with Crippen molar-refractivity contribution in [2.75, 3.05) is 0 Å². The Kier molecular flexibility index (Phi) is 3.94. The number of benzene rings is 2. The molecule has 1 aliphatic rings. The van der Waals surface area contributed by atoms with Crippen LogP contribution in [0.1, 0.15) is 27.8 Å². The van der Waals surface area contributed by atoms with Gasteiger partial charge < -0.3 is 5.11 Å². The van der Waals surface area contributed by atoms with Gasteiger partial charge in [-0.05, 0) is 45.5 Å². The van der Waals surface area contributed by atoms with Gasteiger partial charge in [-0.2, -0.15) is 0 Å². The van der Waals surface area contributed by atoms with Crippen LogP contribution in [0.3, 0.4) is 0 Å². The molecule has 110 valence electrons. The fourth-order valence-corrected chi connectivity index (χ4v) is 2.94. The van der Waals surface area contributed by atoms with E-state index in [2.05, 4.69) is 15.9 Å². The van der Waals surface area contributed by atoms with Crippen LogP contribution in [0.15, 0.2) is 42.5 Å². The number of aliphatic carboxylic acids is 1. The second kappa shape index (κ2) is 5.89. The monoisotopic (exact) mass is 358 g/mol. The summed E-state index contributed by atoms with van der Waals surface area (Å²) in [6.45, 7) is 0. The number of alkyl halides is 1. The number of rotatable bonds is 2. The van der Waals surface area contributed by atoms with E-state index in [1.54, 1.807) is 6.07 Å². The number of carboxylic acid groups (broad SMARTS) is 1. The van der Waals surface area contributed by atoms with Crippen molar-refractivity contribution in [1.82, 2.24) is 0 Å². The second-order valence-electron chi connectivity index (χ2n) is 5.02. The minimum absolute atomic E-state index is 0.385. The highest BCUT2D eigenvalue weighted by Gasteiger charge is 2.17. The van der Waals surface area contributed by atoms with E-state index in [0.29, 0.717) is 16.5 Å². The molecule has 0 bridgehead atoms. The summed E-state index contributed by atoms with van der Waals surface area (Å²) in [6, 6.07) is 10.2. The van der Waals surface area contributed by atoms with Crippen molar-refractivity contribution in [2.24, 2.45) is 0 Å². The lowest BCUT2D eigenvalue weighted by atomic mass is 9.92. The molecule has 0 radical (unpaired) electrons. The van der Waals surface area contributed by atoms with E-state index in [-0.39, 0.29) is 5.82 Å². The van der Waals surface area contributed by atoms with Gasteiger partial charge in [0.05, 0.1) is 0 Å². The Labute approximate surface area is 135 Å². The average molecular weight is 359 g/mol. The van der Waals surface area contributed by atoms with Crippen molar-refractivity contribution < 1.29 is 14.3 Å². The van der Waals surface area contributed by atoms with E-state index in [1.165, 1.54) is 12.1 Å². The third-order valence-electron chi connectivity index (χ3n) is 3.58. The van der Waals surface area contributed by atoms with E-state index in [4.69, 9.17) is 0 Å². The van der Waals surface area contributed by atoms with Crippen LogP contribution in [0, 0.1) is 5.82 Å². The van der Waals surface area contributed by atoms with Crippen molar-refractivity contribution in [3.8, 4) is 0 Å². The molecule has 0 aromatic heterocycles. The second-order valence-corrected chi connectivity index (χ2v) is 5.58. The van der Waals surface area contributed by atoms with E-state index < -0.39 is 5.97 Å². The van der Waals surface area contributed by atoms with Crippen molar-refractivity contribution in [1.29, 1.82) is 0 Å². The maximum atomic E-state index is 13.6. The van der Waals surface area contributed by atoms with E-state index in [9.17, 15) is 14.3 Å². The lowest BCUT2D eigenvalue weighted by Crippen LogP contribution is -1.98. The highest BCUT2D eigenvalue weighted by atomic mass is 79.9. The van der Waals surface area contributed by atoms with Crippen molar-refractivity contribution in [3.63, 3.8) is 0 Å². The zero-order valence-electron chi connectivity index (χ0n) is 11.5. The number of carboxylic acids is 1. The third-order valence-corrected chi connectivity index (χ3v) is 4.22. The summed E-state index contributed by atoms with van der Waals surface area (Å²) in [7, 11) is 0. The number of hydrogen-bond donors (Lipinski definition) is 1. The van der Waals surface area contributed by atoms with Gasteiger partial charge in [0.25, 0.3) is 0 Å². The molecule has 2 aromatic rings. The standard InChI is InChI=1S/C18H12BrFO2/c19-10-11-1-6-15-13(7-11)3-2-12-4-5-14(20)8-16(12)17(15)9-18(21)22/h1-9H,10H2,(H,21,22). The Morgan fingerprint density at radius 3 is 2.59 bits per heavy atom. The summed E-state index contributed by atoms with van der Waals surface area (Å²) >= 11 is 3.42. The van der Waals surface area contributed by atoms with Crippen molar-refractivity contribution in [2.45, 2.75) is 5.33 Å². The number of halogens is 2. The predicted molar refractivity (Wildman–Crippen MR) is 89.1 cm³/mol. The molecule has 3 rings (SSSR count). The summed E-state index contributed by atoms with van der Waals surface area (Å²) in [6.07, 6.45) is 4.95. The van der Waals surface area contributed by atoms with Crippen molar-refractivity contribution >= 4 is 39.6 Å². The Hall–Kier alpha value is -2.20. The smallest absolute Gasteiger partial charge is 0.328 e. The normalized spacial score (nSPS) is 14.4. The van der Waals surface area contributed by atoms with Gasteiger partial charge in [-0.25, -0.2) is 9.18 Å². The van der Waals surface area contributed by atoms with E-state index in [1.807, 2.05) is 30.4 Å². The SMILES string of the molecule is O=C(O)C=C1c2ccc(CBr)cc2C=Cc2ccc(F)cc21. The van der Waals surface area contributed by atoms with Crippen LogP contribution >= 0.6 is 15.9 Å². The lowest BCUT2D eigenvalue weighted by molar-refractivity contribution is -0.131. The molecule has 1 N–H and O–H groups in total. The topological polar surface area (TPSA) is 37.3 Å². The third kappa shape index (κ3) is 2.74. The molecule has 0 spiro atoms. The van der Waals surface area contributed by atoms with Crippen LogP contribution in [0.4, 0.5) is 4.39 Å². The van der Waals surface area contributed by atoms with Gasteiger partial charge in [0.2, 0.25) is 0 Å². The van der Waals surface area contributed by atoms with Gasteiger partial charge in [-0.1, -0.05) is 52.3 Å². The van der Waals surface area contributed by atoms with Gasteiger partial charge >= 0.3 is 5.97 Å². The fourth-order valence-electron chi connectivity index (χ4n) is 2.59. The van der Waals surface area contributed by atoms with Gasteiger partial charge in [-0.15, -0.1) is 0 Å². The summed E-state index contributed by atoms with van der Waals surface area (Å²) in [5.74, 6) is -1.44. The zero-order chi connectivity index (χ0) is 15.7. The summed E-state index contributed by atoms with van der Waals surface area (Å²) in [5, 5.41) is 9.90. The Morgan fingerprint density at radius 2 is 1.86 bits per heavy atom. The van der Waals surface area contributed by atoms with E-state index in [0.717, 1.165) is 28.3 Å². The van der Waals surface area contributed by atoms with Crippen LogP contribution < -0.4 is 0 Å². The van der Waals surface area contributed by atoms with Crippen molar-refractivity contribution in [3.05, 3.63) is 76.1 Å². The first-order chi connectivity index (χ1) is 10.6. The van der Waals surface area contributed by atoms with Crippen LogP contribution in [0.25, 0.3) is 17.7 Å². The predicted octanol–water partition coefficient (Wildman–Crippen LogP) is 4.72. The first kappa shape index (κ1) is 14.7. The molecule has 0 heterocycles. The molecule has 0 saturated heterocycles. The molecule has 4 heteroatoms. The molecule has 0 amide bonds. The molecule has 2 aromatic carbocycles. The van der Waals surface area contributed by atoms with Gasteiger partial charge in [0.15, 0.2) is 0 Å². The van der Waals surface area contributed by atoms with Crippen LogP contribution in [-0.2, 0) is 10.1 Å². The molecular weight excluding hydrogens is 347 g/mol. The minimum atomic E-state index is -1.05. The molecule has 0 fully saturated rings. The van der Waals surface area contributed by atoms with Gasteiger partial charge in [-0.3, -0.25) is 0 Å². The molecule has 2 nitrogen and oxygen atoms in total. The van der Waals surface area contributed by atoms with Crippen LogP contribution in [0.5, 0.6) is 0 Å². The number of fused-ring (bicyclic) bond motifs is 2. The molecule has 0 atom stereocenters. The lowest BCUT2D eigenvalue weighted by Gasteiger charge is -2.12. The molecule has 0 aliphatic heterocycles. The Balaban J connectivity index is 2.31. The van der Waals surface area contributed by atoms with E-state index >= 15 is 0 Å². The van der Waals surface area contributed by atoms with Crippen LogP contribution in [-0.4, -0.2) is 11.1 Å². The molecule has 22 heavy (non-hydrogen) atoms. The number of hydrogen-bond acceptors (Lipinski definition) is 1. The Bertz CT molecular complexity index is 822. The summed E-state index contributed by atoms with van der Waals surface area (Å²) in [5.41, 5.74) is 4.70. The summed E-state index contributed by atoms with van der Waals surface area (Å²) < 4.78 is 13.6. The maximum Gasteiger partial charge on any atom is 0.328 e. The first-order valence-electron chi connectivity index (χ1n) is 6.70. The molecule has 0 unspecified atom stereocenters. The highest BCUT2D eigenvalue weighted by Crippen LogP contribution is 2.34. The molecular formula is C18H12BrFO2. The van der Waals surface area contributed by atoms with Crippen LogP contribution in [0.2, 0.25) is 0 Å². The minimum Gasteiger partial charge on any atom is -0.478 e. The molecule has 0 saturated carbocycles. The molecule has 1 aliphatic carbocycles. The average Bonchev–Trinajstić information content (AvgIpc) is 2.64. The van der Waals surface area contributed by atoms with Gasteiger partial charge in [0, 0.05) is 11.4 Å². The highest BCUT2D eigenvalue weighted by molar-refractivity contribution is 9.08. The first-order valence-corrected chi connectivity index (χ1v) is 7.82. The quantitative estimate of drug-likeness (QED) is 0.531. The summed E-state index contributed by atoms with van der Waals surface area (Å²) in [4.78, 5) is 11.2. The maximum absolute atomic E-state index is 13.6. The fraction of sp³-hybridized carbons (Fsp3) is 0.0556. The largest absolute Gasteiger partial charge is 0.478 e. The van der Waals surface area contributed by atoms with Gasteiger partial charge in [0.1, 0.15) is 5.82 Å².